The first kappa shape index (κ1) is 25.1. The van der Waals surface area contributed by atoms with E-state index in [1.54, 1.807) is 12.3 Å². The van der Waals surface area contributed by atoms with Crippen LogP contribution in [0.15, 0.2) is 24.4 Å². The van der Waals surface area contributed by atoms with E-state index in [-0.39, 0.29) is 11.7 Å². The molecule has 0 aliphatic rings. The first-order chi connectivity index (χ1) is 16.3. The molecule has 0 radical (unpaired) electrons. The van der Waals surface area contributed by atoms with Crippen molar-refractivity contribution in [2.75, 3.05) is 11.9 Å². The number of carbonyl (C=O) groups excluding carboxylic acids is 1. The summed E-state index contributed by atoms with van der Waals surface area (Å²) in [5.74, 6) is 2.82. The topological polar surface area (TPSA) is 91.8 Å². The minimum atomic E-state index is -0.494. The molecule has 0 unspecified atom stereocenters. The van der Waals surface area contributed by atoms with Crippen LogP contribution in [0, 0.1) is 32.0 Å². The zero-order valence-corrected chi connectivity index (χ0v) is 20.1. The van der Waals surface area contributed by atoms with Crippen LogP contribution in [0.1, 0.15) is 50.2 Å². The number of nitrogens with one attached hydrogen (secondary N) is 3. The third-order valence-corrected chi connectivity index (χ3v) is 5.29. The monoisotopic (exact) mass is 462 g/mol. The minimum Gasteiger partial charge on any atom is -0.336 e. The van der Waals surface area contributed by atoms with E-state index in [1.165, 1.54) is 6.07 Å². The molecule has 3 rings (SSSR count). The van der Waals surface area contributed by atoms with E-state index in [1.807, 2.05) is 33.8 Å². The third kappa shape index (κ3) is 6.49. The SMILES string of the molecule is C#CCCCCNCc1ncc2cc(-c3cc(NC(=O)NC(C)C)c(F)cc3C)c(C)nc2n1. The van der Waals surface area contributed by atoms with Crippen LogP contribution in [0.2, 0.25) is 0 Å². The van der Waals surface area contributed by atoms with Gasteiger partial charge in [-0.15, -0.1) is 12.3 Å². The molecule has 0 saturated heterocycles. The van der Waals surface area contributed by atoms with Crippen LogP contribution in [0.3, 0.4) is 0 Å². The van der Waals surface area contributed by atoms with E-state index in [0.717, 1.165) is 53.6 Å². The molecule has 0 atom stereocenters. The summed E-state index contributed by atoms with van der Waals surface area (Å²) in [7, 11) is 0. The Bertz CT molecular complexity index is 1220. The van der Waals surface area contributed by atoms with Crippen LogP contribution in [0.4, 0.5) is 14.9 Å². The number of halogens is 1. The Morgan fingerprint density at radius 2 is 1.94 bits per heavy atom. The van der Waals surface area contributed by atoms with Gasteiger partial charge in [0.2, 0.25) is 0 Å². The van der Waals surface area contributed by atoms with Gasteiger partial charge in [-0.05, 0) is 76.4 Å². The molecule has 0 saturated carbocycles. The van der Waals surface area contributed by atoms with Crippen LogP contribution < -0.4 is 16.0 Å². The molecule has 0 aliphatic carbocycles. The molecule has 0 fully saturated rings. The number of rotatable bonds is 9. The van der Waals surface area contributed by atoms with Crippen molar-refractivity contribution in [3.8, 4) is 23.5 Å². The number of hydrogen-bond acceptors (Lipinski definition) is 5. The van der Waals surface area contributed by atoms with Gasteiger partial charge < -0.3 is 16.0 Å². The summed E-state index contributed by atoms with van der Waals surface area (Å²) in [6.45, 7) is 8.80. The molecule has 3 aromatic rings. The van der Waals surface area contributed by atoms with Crippen molar-refractivity contribution in [2.45, 2.75) is 59.5 Å². The highest BCUT2D eigenvalue weighted by Gasteiger charge is 2.15. The fraction of sp³-hybridized carbons (Fsp3) is 0.385. The van der Waals surface area contributed by atoms with Crippen molar-refractivity contribution < 1.29 is 9.18 Å². The molecule has 2 amide bonds. The zero-order valence-electron chi connectivity index (χ0n) is 20.1. The molecule has 34 heavy (non-hydrogen) atoms. The average Bonchev–Trinajstić information content (AvgIpc) is 2.77. The smallest absolute Gasteiger partial charge is 0.319 e. The lowest BCUT2D eigenvalue weighted by atomic mass is 9.97. The Hall–Kier alpha value is -3.57. The molecule has 1 aromatic carbocycles. The Labute approximate surface area is 200 Å². The second-order valence-corrected chi connectivity index (χ2v) is 8.56. The van der Waals surface area contributed by atoms with E-state index in [9.17, 15) is 9.18 Å². The van der Waals surface area contributed by atoms with Crippen molar-refractivity contribution in [3.63, 3.8) is 0 Å². The Morgan fingerprint density at radius 3 is 2.68 bits per heavy atom. The van der Waals surface area contributed by atoms with Crippen molar-refractivity contribution in [2.24, 2.45) is 0 Å². The zero-order chi connectivity index (χ0) is 24.7. The van der Waals surface area contributed by atoms with Crippen LogP contribution in [-0.2, 0) is 6.54 Å². The number of aromatic nitrogens is 3. The lowest BCUT2D eigenvalue weighted by Crippen LogP contribution is -2.34. The van der Waals surface area contributed by atoms with Gasteiger partial charge in [0.1, 0.15) is 11.6 Å². The highest BCUT2D eigenvalue weighted by Crippen LogP contribution is 2.32. The molecule has 8 heteroatoms. The van der Waals surface area contributed by atoms with Gasteiger partial charge in [0, 0.05) is 35.3 Å². The molecule has 7 nitrogen and oxygen atoms in total. The standard InChI is InChI=1S/C26H31FN6O/c1-6-7-8-9-10-28-15-24-29-14-19-12-21(18(5)31-25(19)33-24)20-13-23(22(27)11-17(20)4)32-26(34)30-16(2)3/h1,11-14,16,28H,7-10,15H2,2-5H3,(H2,30,32,34). The number of pyridine rings is 1. The summed E-state index contributed by atoms with van der Waals surface area (Å²) in [4.78, 5) is 25.8. The largest absolute Gasteiger partial charge is 0.336 e. The first-order valence-corrected chi connectivity index (χ1v) is 11.4. The molecule has 178 valence electrons. The number of carbonyl (C=O) groups is 1. The fourth-order valence-corrected chi connectivity index (χ4v) is 3.60. The molecular weight excluding hydrogens is 431 g/mol. The van der Waals surface area contributed by atoms with E-state index in [4.69, 9.17) is 6.42 Å². The number of anilines is 1. The molecule has 0 bridgehead atoms. The Balaban J connectivity index is 1.83. The number of aryl methyl sites for hydroxylation is 2. The average molecular weight is 463 g/mol. The maximum absolute atomic E-state index is 14.5. The van der Waals surface area contributed by atoms with Gasteiger partial charge in [0.25, 0.3) is 0 Å². The molecule has 2 heterocycles. The normalized spacial score (nSPS) is 11.0. The third-order valence-electron chi connectivity index (χ3n) is 5.29. The Kier molecular flexibility index (Phi) is 8.50. The van der Waals surface area contributed by atoms with Crippen molar-refractivity contribution in [3.05, 3.63) is 47.3 Å². The van der Waals surface area contributed by atoms with Gasteiger partial charge in [-0.25, -0.2) is 24.1 Å². The van der Waals surface area contributed by atoms with E-state index < -0.39 is 11.8 Å². The fourth-order valence-electron chi connectivity index (χ4n) is 3.60. The van der Waals surface area contributed by atoms with Crippen LogP contribution in [0.25, 0.3) is 22.2 Å². The van der Waals surface area contributed by atoms with Gasteiger partial charge in [0.15, 0.2) is 5.65 Å². The number of urea groups is 1. The summed E-state index contributed by atoms with van der Waals surface area (Å²) < 4.78 is 14.5. The van der Waals surface area contributed by atoms with Crippen LogP contribution >= 0.6 is 0 Å². The van der Waals surface area contributed by atoms with Gasteiger partial charge in [-0.3, -0.25) is 0 Å². The number of hydrogen-bond donors (Lipinski definition) is 3. The Morgan fingerprint density at radius 1 is 1.15 bits per heavy atom. The van der Waals surface area contributed by atoms with E-state index >= 15 is 0 Å². The van der Waals surface area contributed by atoms with E-state index in [0.29, 0.717) is 18.0 Å². The molecule has 3 N–H and O–H groups in total. The first-order valence-electron chi connectivity index (χ1n) is 11.4. The maximum Gasteiger partial charge on any atom is 0.319 e. The van der Waals surface area contributed by atoms with Gasteiger partial charge >= 0.3 is 6.03 Å². The summed E-state index contributed by atoms with van der Waals surface area (Å²) in [5, 5.41) is 9.41. The number of terminal acetylenes is 1. The lowest BCUT2D eigenvalue weighted by Gasteiger charge is -2.15. The number of unbranched alkanes of at least 4 members (excludes halogenated alkanes) is 2. The van der Waals surface area contributed by atoms with Gasteiger partial charge in [0.05, 0.1) is 12.2 Å². The molecular formula is C26H31FN6O. The van der Waals surface area contributed by atoms with E-state index in [2.05, 4.69) is 36.8 Å². The second kappa shape index (κ2) is 11.5. The lowest BCUT2D eigenvalue weighted by molar-refractivity contribution is 0.250. The van der Waals surface area contributed by atoms with Crippen molar-refractivity contribution >= 4 is 22.8 Å². The van der Waals surface area contributed by atoms with Crippen molar-refractivity contribution in [1.29, 1.82) is 0 Å². The number of amides is 2. The van der Waals surface area contributed by atoms with Gasteiger partial charge in [-0.2, -0.15) is 0 Å². The summed E-state index contributed by atoms with van der Waals surface area (Å²) in [5.41, 5.74) is 3.83. The minimum absolute atomic E-state index is 0.0616. The second-order valence-electron chi connectivity index (χ2n) is 8.56. The maximum atomic E-state index is 14.5. The predicted octanol–water partition coefficient (Wildman–Crippen LogP) is 4.87. The summed E-state index contributed by atoms with van der Waals surface area (Å²) >= 11 is 0. The molecule has 2 aromatic heterocycles. The number of fused-ring (bicyclic) bond motifs is 1. The number of benzene rings is 1. The highest BCUT2D eigenvalue weighted by molar-refractivity contribution is 5.91. The highest BCUT2D eigenvalue weighted by atomic mass is 19.1. The van der Waals surface area contributed by atoms with Crippen LogP contribution in [0.5, 0.6) is 0 Å². The quantitative estimate of drug-likeness (QED) is 0.312. The van der Waals surface area contributed by atoms with Crippen LogP contribution in [-0.4, -0.2) is 33.6 Å². The summed E-state index contributed by atoms with van der Waals surface area (Å²) in [6, 6.07) is 4.49. The predicted molar refractivity (Wildman–Crippen MR) is 134 cm³/mol. The molecule has 0 spiro atoms. The van der Waals surface area contributed by atoms with Gasteiger partial charge in [-0.1, -0.05) is 0 Å². The van der Waals surface area contributed by atoms with Crippen molar-refractivity contribution in [1.82, 2.24) is 25.6 Å². The summed E-state index contributed by atoms with van der Waals surface area (Å²) in [6.07, 6.45) is 9.81. The molecule has 0 aliphatic heterocycles. The number of nitrogens with zero attached hydrogens (tertiary/aromatic N) is 3.